The van der Waals surface area contributed by atoms with Gasteiger partial charge in [-0.1, -0.05) is 0 Å². The molecule has 1 aromatic carbocycles. The number of ether oxygens (including phenoxy) is 1. The molecule has 0 aromatic heterocycles. The molecule has 120 valence electrons. The third kappa shape index (κ3) is 4.76. The molecule has 0 fully saturated rings. The summed E-state index contributed by atoms with van der Waals surface area (Å²) in [5.41, 5.74) is -0.553. The molecule has 0 atom stereocenters. The van der Waals surface area contributed by atoms with Crippen LogP contribution in [0.3, 0.4) is 0 Å². The van der Waals surface area contributed by atoms with Gasteiger partial charge < -0.3 is 15.2 Å². The first-order valence-corrected chi connectivity index (χ1v) is 5.77. The SMILES string of the molecule is COc1ccc(F)cc1/C=C(\CNC(=O)C(F)(F)F)C(=O)O. The van der Waals surface area contributed by atoms with Crippen LogP contribution < -0.4 is 10.1 Å². The molecule has 1 rings (SSSR count). The van der Waals surface area contributed by atoms with Gasteiger partial charge in [0.1, 0.15) is 11.6 Å². The largest absolute Gasteiger partial charge is 0.496 e. The van der Waals surface area contributed by atoms with Crippen molar-refractivity contribution < 1.29 is 37.0 Å². The number of methoxy groups -OCH3 is 1. The van der Waals surface area contributed by atoms with Gasteiger partial charge in [0.25, 0.3) is 0 Å². The summed E-state index contributed by atoms with van der Waals surface area (Å²) >= 11 is 0. The van der Waals surface area contributed by atoms with Crippen molar-refractivity contribution in [3.63, 3.8) is 0 Å². The van der Waals surface area contributed by atoms with Gasteiger partial charge in [-0.25, -0.2) is 9.18 Å². The summed E-state index contributed by atoms with van der Waals surface area (Å²) in [4.78, 5) is 21.7. The van der Waals surface area contributed by atoms with Gasteiger partial charge in [0.15, 0.2) is 0 Å². The fourth-order valence-corrected chi connectivity index (χ4v) is 1.47. The van der Waals surface area contributed by atoms with Crippen molar-refractivity contribution in [3.05, 3.63) is 35.2 Å². The molecule has 0 unspecified atom stereocenters. The Bertz CT molecular complexity index is 611. The first-order valence-electron chi connectivity index (χ1n) is 5.77. The van der Waals surface area contributed by atoms with E-state index in [1.54, 1.807) is 0 Å². The molecule has 1 aromatic rings. The van der Waals surface area contributed by atoms with E-state index in [-0.39, 0.29) is 11.3 Å². The van der Waals surface area contributed by atoms with Crippen LogP contribution in [-0.2, 0) is 9.59 Å². The highest BCUT2D eigenvalue weighted by Gasteiger charge is 2.38. The zero-order valence-electron chi connectivity index (χ0n) is 11.2. The Balaban J connectivity index is 3.03. The van der Waals surface area contributed by atoms with Crippen LogP contribution in [-0.4, -0.2) is 36.8 Å². The van der Waals surface area contributed by atoms with E-state index in [1.165, 1.54) is 18.5 Å². The molecular formula is C13H11F4NO4. The van der Waals surface area contributed by atoms with Crippen molar-refractivity contribution >= 4 is 18.0 Å². The minimum absolute atomic E-state index is 0.0150. The second-order valence-corrected chi connectivity index (χ2v) is 4.04. The normalized spacial score (nSPS) is 12.0. The van der Waals surface area contributed by atoms with Crippen molar-refractivity contribution in [3.8, 4) is 5.75 Å². The fraction of sp³-hybridized carbons (Fsp3) is 0.231. The number of carbonyl (C=O) groups is 2. The number of hydrogen-bond donors (Lipinski definition) is 2. The molecule has 9 heteroatoms. The molecule has 5 nitrogen and oxygen atoms in total. The molecule has 0 heterocycles. The van der Waals surface area contributed by atoms with Crippen LogP contribution in [0.2, 0.25) is 0 Å². The van der Waals surface area contributed by atoms with E-state index in [0.29, 0.717) is 0 Å². The molecule has 1 amide bonds. The number of amides is 1. The third-order valence-corrected chi connectivity index (χ3v) is 2.49. The van der Waals surface area contributed by atoms with Gasteiger partial charge in [-0.2, -0.15) is 13.2 Å². The van der Waals surface area contributed by atoms with E-state index in [9.17, 15) is 27.2 Å². The van der Waals surface area contributed by atoms with Crippen LogP contribution in [0.5, 0.6) is 5.75 Å². The Morgan fingerprint density at radius 2 is 2.00 bits per heavy atom. The van der Waals surface area contributed by atoms with Crippen molar-refractivity contribution in [1.82, 2.24) is 5.32 Å². The average Bonchev–Trinajstić information content (AvgIpc) is 2.41. The maximum atomic E-state index is 13.2. The first kappa shape index (κ1) is 17.5. The number of rotatable bonds is 5. The summed E-state index contributed by atoms with van der Waals surface area (Å²) in [6.07, 6.45) is -4.21. The minimum atomic E-state index is -5.12. The standard InChI is InChI=1S/C13H11F4NO4/c1-22-10-3-2-9(14)5-7(10)4-8(11(19)20)6-18-12(21)13(15,16)17/h2-5H,6H2,1H3,(H,18,21)(H,19,20)/b8-4+. The quantitative estimate of drug-likeness (QED) is 0.642. The topological polar surface area (TPSA) is 75.6 Å². The van der Waals surface area contributed by atoms with E-state index in [1.807, 2.05) is 0 Å². The lowest BCUT2D eigenvalue weighted by Gasteiger charge is -2.09. The highest BCUT2D eigenvalue weighted by atomic mass is 19.4. The summed E-state index contributed by atoms with van der Waals surface area (Å²) in [7, 11) is 1.26. The van der Waals surface area contributed by atoms with Gasteiger partial charge in [0.2, 0.25) is 0 Å². The Kier molecular flexibility index (Phi) is 5.50. The Morgan fingerprint density at radius 3 is 2.50 bits per heavy atom. The summed E-state index contributed by atoms with van der Waals surface area (Å²) < 4.78 is 54.2. The van der Waals surface area contributed by atoms with E-state index in [0.717, 1.165) is 18.2 Å². The fourth-order valence-electron chi connectivity index (χ4n) is 1.47. The monoisotopic (exact) mass is 321 g/mol. The Morgan fingerprint density at radius 1 is 1.36 bits per heavy atom. The lowest BCUT2D eigenvalue weighted by Crippen LogP contribution is -2.38. The van der Waals surface area contributed by atoms with Crippen molar-refractivity contribution in [1.29, 1.82) is 0 Å². The zero-order chi connectivity index (χ0) is 16.9. The Hall–Kier alpha value is -2.58. The Labute approximate surface area is 122 Å². The molecule has 0 aliphatic rings. The molecule has 0 saturated heterocycles. The second kappa shape index (κ2) is 6.92. The lowest BCUT2D eigenvalue weighted by atomic mass is 10.1. The van der Waals surface area contributed by atoms with Gasteiger partial charge in [0.05, 0.1) is 19.2 Å². The maximum absolute atomic E-state index is 13.2. The van der Waals surface area contributed by atoms with Gasteiger partial charge in [-0.3, -0.25) is 4.79 Å². The van der Waals surface area contributed by atoms with Crippen LogP contribution >= 0.6 is 0 Å². The number of aliphatic carboxylic acids is 1. The van der Waals surface area contributed by atoms with E-state index >= 15 is 0 Å². The van der Waals surface area contributed by atoms with Crippen LogP contribution in [0.1, 0.15) is 5.56 Å². The van der Waals surface area contributed by atoms with Gasteiger partial charge >= 0.3 is 18.1 Å². The predicted octanol–water partition coefficient (Wildman–Crippen LogP) is 1.98. The first-order chi connectivity index (χ1) is 10.1. The molecule has 0 aliphatic heterocycles. The number of hydrogen-bond acceptors (Lipinski definition) is 3. The minimum Gasteiger partial charge on any atom is -0.496 e. The maximum Gasteiger partial charge on any atom is 0.471 e. The van der Waals surface area contributed by atoms with Crippen LogP contribution in [0.25, 0.3) is 6.08 Å². The van der Waals surface area contributed by atoms with Gasteiger partial charge in [-0.05, 0) is 24.3 Å². The third-order valence-electron chi connectivity index (χ3n) is 2.49. The number of carbonyl (C=O) groups excluding carboxylic acids is 1. The summed E-state index contributed by atoms with van der Waals surface area (Å²) in [5.74, 6) is -4.39. The number of carboxylic acid groups (broad SMARTS) is 1. The van der Waals surface area contributed by atoms with E-state index < -0.39 is 36.0 Å². The molecule has 0 radical (unpaired) electrons. The highest BCUT2D eigenvalue weighted by Crippen LogP contribution is 2.22. The van der Waals surface area contributed by atoms with Gasteiger partial charge in [0, 0.05) is 5.56 Å². The van der Waals surface area contributed by atoms with Crippen molar-refractivity contribution in [2.75, 3.05) is 13.7 Å². The molecule has 0 bridgehead atoms. The van der Waals surface area contributed by atoms with Crippen molar-refractivity contribution in [2.45, 2.75) is 6.18 Å². The molecule has 0 spiro atoms. The van der Waals surface area contributed by atoms with E-state index in [2.05, 4.69) is 0 Å². The van der Waals surface area contributed by atoms with Gasteiger partial charge in [-0.15, -0.1) is 0 Å². The molecule has 0 saturated carbocycles. The average molecular weight is 321 g/mol. The smallest absolute Gasteiger partial charge is 0.471 e. The number of benzene rings is 1. The summed E-state index contributed by atoms with van der Waals surface area (Å²) in [6.45, 7) is -0.882. The second-order valence-electron chi connectivity index (χ2n) is 4.04. The zero-order valence-corrected chi connectivity index (χ0v) is 11.2. The summed E-state index contributed by atoms with van der Waals surface area (Å²) in [5, 5.41) is 10.4. The molecule has 0 aliphatic carbocycles. The van der Waals surface area contributed by atoms with Crippen LogP contribution in [0.4, 0.5) is 17.6 Å². The van der Waals surface area contributed by atoms with E-state index in [4.69, 9.17) is 9.84 Å². The summed E-state index contributed by atoms with van der Waals surface area (Å²) in [6, 6.07) is 3.25. The van der Waals surface area contributed by atoms with Crippen molar-refractivity contribution in [2.24, 2.45) is 0 Å². The number of alkyl halides is 3. The molecular weight excluding hydrogens is 310 g/mol. The van der Waals surface area contributed by atoms with Crippen LogP contribution in [0, 0.1) is 5.82 Å². The predicted molar refractivity (Wildman–Crippen MR) is 67.6 cm³/mol. The molecule has 22 heavy (non-hydrogen) atoms. The number of carboxylic acids is 1. The lowest BCUT2D eigenvalue weighted by molar-refractivity contribution is -0.173. The number of halogens is 4. The van der Waals surface area contributed by atoms with Crippen LogP contribution in [0.15, 0.2) is 23.8 Å². The highest BCUT2D eigenvalue weighted by molar-refractivity contribution is 5.94. The number of nitrogens with one attached hydrogen (secondary N) is 1. The molecule has 2 N–H and O–H groups in total.